The molecule has 1 heterocycles. The first-order chi connectivity index (χ1) is 27.5. The fourth-order valence-electron chi connectivity index (χ4n) is 10.1. The van der Waals surface area contributed by atoms with Crippen molar-refractivity contribution < 1.29 is 0 Å². The van der Waals surface area contributed by atoms with Crippen molar-refractivity contribution in [3.8, 4) is 44.5 Å². The molecule has 0 fully saturated rings. The largest absolute Gasteiger partial charge is 0.135 e. The number of thiophene rings is 1. The highest BCUT2D eigenvalue weighted by molar-refractivity contribution is 7.26. The maximum Gasteiger partial charge on any atom is 0.0361 e. The zero-order valence-corrected chi connectivity index (χ0v) is 32.0. The van der Waals surface area contributed by atoms with Crippen LogP contribution in [0.3, 0.4) is 0 Å². The molecule has 0 bridgehead atoms. The Labute approximate surface area is 329 Å². The minimum atomic E-state index is -0.0942. The van der Waals surface area contributed by atoms with Crippen molar-refractivity contribution in [3.63, 3.8) is 0 Å². The first-order valence-electron chi connectivity index (χ1n) is 19.6. The van der Waals surface area contributed by atoms with Crippen LogP contribution < -0.4 is 0 Å². The molecule has 0 saturated carbocycles. The van der Waals surface area contributed by atoms with Crippen molar-refractivity contribution in [2.24, 2.45) is 0 Å². The Balaban J connectivity index is 1.08. The van der Waals surface area contributed by atoms with Crippen LogP contribution in [-0.4, -0.2) is 0 Å². The van der Waals surface area contributed by atoms with Gasteiger partial charge in [0, 0.05) is 25.6 Å². The Morgan fingerprint density at radius 1 is 0.339 bits per heavy atom. The summed E-state index contributed by atoms with van der Waals surface area (Å²) in [5, 5.41) is 13.1. The zero-order chi connectivity index (χ0) is 37.1. The summed E-state index contributed by atoms with van der Waals surface area (Å²) in [5.74, 6) is 0. The van der Waals surface area contributed by atoms with Crippen LogP contribution in [0.4, 0.5) is 0 Å². The van der Waals surface area contributed by atoms with Gasteiger partial charge in [0.2, 0.25) is 0 Å². The molecular weight excluding hydrogens is 693 g/mol. The van der Waals surface area contributed by atoms with Crippen LogP contribution in [0, 0.1) is 0 Å². The second-order valence-electron chi connectivity index (χ2n) is 16.0. The lowest BCUT2D eigenvalue weighted by molar-refractivity contribution is 0.661. The van der Waals surface area contributed by atoms with Crippen LogP contribution in [0.15, 0.2) is 182 Å². The molecule has 262 valence electrons. The van der Waals surface area contributed by atoms with Crippen LogP contribution in [0.1, 0.15) is 25.0 Å². The minimum absolute atomic E-state index is 0.0942. The highest BCUT2D eigenvalue weighted by Crippen LogP contribution is 2.53. The molecule has 56 heavy (non-hydrogen) atoms. The summed E-state index contributed by atoms with van der Waals surface area (Å²) in [7, 11) is 0. The Kier molecular flexibility index (Phi) is 6.66. The predicted molar refractivity (Wildman–Crippen MR) is 243 cm³/mol. The van der Waals surface area contributed by atoms with E-state index >= 15 is 0 Å². The average molecular weight is 729 g/mol. The van der Waals surface area contributed by atoms with Gasteiger partial charge in [-0.2, -0.15) is 0 Å². The molecule has 10 aromatic carbocycles. The van der Waals surface area contributed by atoms with Crippen LogP contribution in [-0.2, 0) is 5.41 Å². The molecule has 0 radical (unpaired) electrons. The van der Waals surface area contributed by atoms with Gasteiger partial charge in [-0.05, 0) is 129 Å². The summed E-state index contributed by atoms with van der Waals surface area (Å²) in [6, 6.07) is 68.3. The van der Waals surface area contributed by atoms with Gasteiger partial charge in [0.1, 0.15) is 0 Å². The lowest BCUT2D eigenvalue weighted by Crippen LogP contribution is -2.14. The standard InChI is InChI=1S/C55H36S/c1-55(2)48-28-24-34(30-46(48)47-32-45-35(31-49(47)55)25-29-51-54(45)44-22-12-13-23-50(44)56-51)36-26-27-43(38-17-7-6-16-37(36)38)53-41-20-10-8-18-39(41)52(33-14-4-3-5-15-33)40-19-9-11-21-42(40)53/h3-32H,1-2H3. The van der Waals surface area contributed by atoms with E-state index in [9.17, 15) is 0 Å². The Morgan fingerprint density at radius 3 is 1.62 bits per heavy atom. The predicted octanol–water partition coefficient (Wildman–Crippen LogP) is 16.0. The number of hydrogen-bond donors (Lipinski definition) is 0. The summed E-state index contributed by atoms with van der Waals surface area (Å²) >= 11 is 1.90. The van der Waals surface area contributed by atoms with Crippen molar-refractivity contribution in [1.82, 2.24) is 0 Å². The Hall–Kier alpha value is -6.54. The van der Waals surface area contributed by atoms with E-state index in [-0.39, 0.29) is 5.41 Å². The molecule has 11 aromatic rings. The van der Waals surface area contributed by atoms with Crippen LogP contribution in [0.5, 0.6) is 0 Å². The monoisotopic (exact) mass is 728 g/mol. The number of fused-ring (bicyclic) bond motifs is 11. The lowest BCUT2D eigenvalue weighted by atomic mass is 9.81. The van der Waals surface area contributed by atoms with Gasteiger partial charge in [-0.1, -0.05) is 166 Å². The van der Waals surface area contributed by atoms with E-state index in [4.69, 9.17) is 0 Å². The topological polar surface area (TPSA) is 0 Å². The lowest BCUT2D eigenvalue weighted by Gasteiger charge is -2.22. The molecule has 0 N–H and O–H groups in total. The summed E-state index contributed by atoms with van der Waals surface area (Å²) in [6.07, 6.45) is 0. The third-order valence-electron chi connectivity index (χ3n) is 12.7. The number of hydrogen-bond acceptors (Lipinski definition) is 1. The molecule has 1 aromatic heterocycles. The van der Waals surface area contributed by atoms with Gasteiger partial charge in [0.25, 0.3) is 0 Å². The zero-order valence-electron chi connectivity index (χ0n) is 31.2. The van der Waals surface area contributed by atoms with Crippen LogP contribution >= 0.6 is 11.3 Å². The number of rotatable bonds is 3. The quantitative estimate of drug-likeness (QED) is 0.159. The van der Waals surface area contributed by atoms with E-state index in [0.717, 1.165) is 0 Å². The molecular formula is C55H36S. The van der Waals surface area contributed by atoms with Gasteiger partial charge in [-0.25, -0.2) is 0 Å². The SMILES string of the molecule is CC1(C)c2ccc(-c3ccc(-c4c5ccccc5c(-c5ccccc5)c5ccccc45)c4ccccc34)cc2-c2cc3c(ccc4sc5ccccc5c43)cc21. The molecule has 0 atom stereocenters. The van der Waals surface area contributed by atoms with Crippen molar-refractivity contribution in [2.45, 2.75) is 19.3 Å². The van der Waals surface area contributed by atoms with E-state index < -0.39 is 0 Å². The molecule has 0 saturated heterocycles. The fourth-order valence-corrected chi connectivity index (χ4v) is 11.2. The molecule has 0 amide bonds. The first kappa shape index (κ1) is 31.8. The summed E-state index contributed by atoms with van der Waals surface area (Å²) < 4.78 is 2.70. The smallest absolute Gasteiger partial charge is 0.0361 e. The molecule has 0 spiro atoms. The van der Waals surface area contributed by atoms with E-state index in [2.05, 4.69) is 196 Å². The van der Waals surface area contributed by atoms with Crippen LogP contribution in [0.25, 0.3) is 108 Å². The third kappa shape index (κ3) is 4.41. The molecule has 0 unspecified atom stereocenters. The van der Waals surface area contributed by atoms with Crippen molar-refractivity contribution in [3.05, 3.63) is 193 Å². The summed E-state index contributed by atoms with van der Waals surface area (Å²) in [6.45, 7) is 4.78. The highest BCUT2D eigenvalue weighted by Gasteiger charge is 2.36. The summed E-state index contributed by atoms with van der Waals surface area (Å²) in [4.78, 5) is 0. The second-order valence-corrected chi connectivity index (χ2v) is 17.0. The molecule has 0 nitrogen and oxygen atoms in total. The Morgan fingerprint density at radius 2 is 0.911 bits per heavy atom. The molecule has 1 aliphatic carbocycles. The van der Waals surface area contributed by atoms with Crippen molar-refractivity contribution in [1.29, 1.82) is 0 Å². The molecule has 12 rings (SSSR count). The third-order valence-corrected chi connectivity index (χ3v) is 13.8. The second kappa shape index (κ2) is 11.7. The summed E-state index contributed by atoms with van der Waals surface area (Å²) in [5.41, 5.74) is 13.0. The van der Waals surface area contributed by atoms with Gasteiger partial charge >= 0.3 is 0 Å². The minimum Gasteiger partial charge on any atom is -0.135 e. The molecule has 1 aliphatic rings. The van der Waals surface area contributed by atoms with E-state index in [0.29, 0.717) is 0 Å². The highest BCUT2D eigenvalue weighted by atomic mass is 32.1. The molecule has 0 aliphatic heterocycles. The van der Waals surface area contributed by atoms with Crippen LogP contribution in [0.2, 0.25) is 0 Å². The first-order valence-corrected chi connectivity index (χ1v) is 20.4. The maximum atomic E-state index is 2.50. The van der Waals surface area contributed by atoms with Gasteiger partial charge in [-0.15, -0.1) is 11.3 Å². The van der Waals surface area contributed by atoms with Gasteiger partial charge in [0.05, 0.1) is 0 Å². The average Bonchev–Trinajstić information content (AvgIpc) is 3.73. The van der Waals surface area contributed by atoms with Gasteiger partial charge < -0.3 is 0 Å². The van der Waals surface area contributed by atoms with E-state index in [1.165, 1.54) is 119 Å². The van der Waals surface area contributed by atoms with Crippen molar-refractivity contribution in [2.75, 3.05) is 0 Å². The normalized spacial score (nSPS) is 13.3. The number of benzene rings is 10. The van der Waals surface area contributed by atoms with E-state index in [1.54, 1.807) is 0 Å². The Bertz CT molecular complexity index is 3380. The van der Waals surface area contributed by atoms with Gasteiger partial charge in [-0.3, -0.25) is 0 Å². The van der Waals surface area contributed by atoms with Gasteiger partial charge in [0.15, 0.2) is 0 Å². The van der Waals surface area contributed by atoms with E-state index in [1.807, 2.05) is 11.3 Å². The molecule has 1 heteroatoms. The fraction of sp³-hybridized carbons (Fsp3) is 0.0545. The maximum absolute atomic E-state index is 2.50. The van der Waals surface area contributed by atoms with Crippen molar-refractivity contribution >= 4 is 74.6 Å².